The lowest BCUT2D eigenvalue weighted by molar-refractivity contribution is -0.144. The fourth-order valence-corrected chi connectivity index (χ4v) is 6.40. The standard InChI is InChI=1S/C35H62N14O14S4/c36-6-2-1-4-16(28(56)44-18(9-25(52)53)29(57)45-19(10-50)34(62)63)42-27(55)17(5-3-7-41-35(39)40)43-30(58)21(12-65)47-32(60)23(14-67)49-33(61)22(13-66)48-31(59)20(11-64)46-26(54)15(37)8-24(38)51/h15-23,50,64-67H,1-14,36-37H2,(H2,38,51)(H,42,55)(H,43,58)(H,44,56)(H,45,57)(H,46,54)(H,47,60)(H,48,59)(H,49,61)(H,52,53)(H,62,63)(H4,39,40,41)/t15-,16-,17-,18-,19-,20-,21-,22-,23-/m0/s1. The molecule has 32 heteroatoms. The number of rotatable bonds is 34. The number of amides is 9. The van der Waals surface area contributed by atoms with E-state index in [1.54, 1.807) is 0 Å². The average molecular weight is 1030 g/mol. The van der Waals surface area contributed by atoms with Crippen LogP contribution in [0.5, 0.6) is 0 Å². The molecule has 0 aromatic heterocycles. The maximum atomic E-state index is 13.8. The summed E-state index contributed by atoms with van der Waals surface area (Å²) in [5.41, 5.74) is 27.1. The Morgan fingerprint density at radius 1 is 0.478 bits per heavy atom. The van der Waals surface area contributed by atoms with E-state index in [0.29, 0.717) is 6.42 Å². The fraction of sp³-hybridized carbons (Fsp3) is 0.657. The lowest BCUT2D eigenvalue weighted by Crippen LogP contribution is -2.61. The van der Waals surface area contributed by atoms with Crippen molar-refractivity contribution in [2.45, 2.75) is 99.3 Å². The molecule has 9 atom stereocenters. The minimum absolute atomic E-state index is 0.0294. The van der Waals surface area contributed by atoms with Gasteiger partial charge >= 0.3 is 11.9 Å². The molecule has 0 saturated carbocycles. The molecule has 0 radical (unpaired) electrons. The number of nitrogens with two attached hydrogens (primary N) is 5. The number of thiol groups is 4. The van der Waals surface area contributed by atoms with Gasteiger partial charge in [-0.1, -0.05) is 0 Å². The normalized spacial score (nSPS) is 14.9. The highest BCUT2D eigenvalue weighted by Gasteiger charge is 2.35. The first-order valence-electron chi connectivity index (χ1n) is 20.2. The number of unbranched alkanes of at least 4 members (excludes halogenated alkanes) is 1. The van der Waals surface area contributed by atoms with E-state index < -0.39 is 139 Å². The predicted molar refractivity (Wildman–Crippen MR) is 252 cm³/mol. The molecule has 28 nitrogen and oxygen atoms in total. The van der Waals surface area contributed by atoms with Crippen molar-refractivity contribution >= 4 is 122 Å². The summed E-state index contributed by atoms with van der Waals surface area (Å²) in [4.78, 5) is 144. The number of carbonyl (C=O) groups is 11. The number of hydrogen-bond acceptors (Lipinski definition) is 19. The van der Waals surface area contributed by atoms with Gasteiger partial charge in [-0.15, -0.1) is 0 Å². The van der Waals surface area contributed by atoms with Crippen molar-refractivity contribution < 1.29 is 68.1 Å². The summed E-state index contributed by atoms with van der Waals surface area (Å²) in [7, 11) is 0. The van der Waals surface area contributed by atoms with Crippen LogP contribution in [0.25, 0.3) is 0 Å². The Morgan fingerprint density at radius 2 is 0.821 bits per heavy atom. The van der Waals surface area contributed by atoms with Gasteiger partial charge in [-0.3, -0.25) is 52.9 Å². The summed E-state index contributed by atoms with van der Waals surface area (Å²) in [6.07, 6.45) is -1.20. The molecule has 0 aliphatic rings. The van der Waals surface area contributed by atoms with Crippen molar-refractivity contribution in [3.05, 3.63) is 0 Å². The molecule has 0 rings (SSSR count). The van der Waals surface area contributed by atoms with Crippen molar-refractivity contribution in [3.63, 3.8) is 0 Å². The van der Waals surface area contributed by atoms with Gasteiger partial charge in [0.1, 0.15) is 48.3 Å². The predicted octanol–water partition coefficient (Wildman–Crippen LogP) is -8.48. The smallest absolute Gasteiger partial charge is 0.328 e. The molecule has 0 heterocycles. The number of hydrogen-bond donors (Lipinski definition) is 20. The first kappa shape index (κ1) is 61.7. The van der Waals surface area contributed by atoms with Crippen LogP contribution >= 0.6 is 50.5 Å². The van der Waals surface area contributed by atoms with Crippen LogP contribution in [0.1, 0.15) is 44.9 Å². The second-order valence-corrected chi connectivity index (χ2v) is 15.8. The minimum atomic E-state index is -1.87. The molecule has 0 unspecified atom stereocenters. The summed E-state index contributed by atoms with van der Waals surface area (Å²) < 4.78 is 0. The topological polar surface area (TPSA) is 487 Å². The number of aliphatic carboxylic acids is 2. The van der Waals surface area contributed by atoms with Crippen LogP contribution in [0, 0.1) is 0 Å². The molecule has 0 aromatic carbocycles. The molecule has 0 saturated heterocycles. The molecule has 0 aliphatic heterocycles. The monoisotopic (exact) mass is 1030 g/mol. The number of aliphatic hydroxyl groups is 1. The molecule has 380 valence electrons. The first-order valence-corrected chi connectivity index (χ1v) is 22.7. The molecule has 0 aromatic rings. The summed E-state index contributed by atoms with van der Waals surface area (Å²) in [6, 6.07) is -13.7. The van der Waals surface area contributed by atoms with Crippen LogP contribution in [-0.2, 0) is 52.7 Å². The van der Waals surface area contributed by atoms with Gasteiger partial charge in [-0.2, -0.15) is 50.5 Å². The van der Waals surface area contributed by atoms with Crippen LogP contribution < -0.4 is 71.2 Å². The summed E-state index contributed by atoms with van der Waals surface area (Å²) in [5, 5.41) is 46.3. The van der Waals surface area contributed by atoms with Crippen LogP contribution in [-0.4, -0.2) is 183 Å². The maximum absolute atomic E-state index is 13.8. The van der Waals surface area contributed by atoms with Crippen LogP contribution in [0.3, 0.4) is 0 Å². The van der Waals surface area contributed by atoms with E-state index in [9.17, 15) is 68.1 Å². The van der Waals surface area contributed by atoms with E-state index in [-0.39, 0.29) is 67.7 Å². The van der Waals surface area contributed by atoms with E-state index in [0.717, 1.165) is 0 Å². The third-order valence-electron chi connectivity index (χ3n) is 8.99. The fourth-order valence-electron chi connectivity index (χ4n) is 5.37. The number of aliphatic imine (C=N–C) groups is 1. The zero-order valence-corrected chi connectivity index (χ0v) is 39.6. The molecular formula is C35H62N14O14S4. The summed E-state index contributed by atoms with van der Waals surface area (Å²) in [5.74, 6) is -13.7. The van der Waals surface area contributed by atoms with Gasteiger partial charge in [0.05, 0.1) is 25.5 Å². The van der Waals surface area contributed by atoms with Crippen molar-refractivity contribution in [1.29, 1.82) is 0 Å². The zero-order chi connectivity index (χ0) is 51.4. The second-order valence-electron chi connectivity index (χ2n) is 14.3. The summed E-state index contributed by atoms with van der Waals surface area (Å²) >= 11 is 16.4. The van der Waals surface area contributed by atoms with Crippen molar-refractivity contribution in [1.82, 2.24) is 42.5 Å². The quantitative estimate of drug-likeness (QED) is 0.0123. The molecule has 0 bridgehead atoms. The Bertz CT molecular complexity index is 1770. The SMILES string of the molecule is NCCCC[C@H](NC(=O)[C@H](CCCN=C(N)N)NC(=O)[C@H](CS)NC(=O)[C@H](CS)NC(=O)[C@H](CS)NC(=O)[C@H](CS)NC(=O)[C@@H](N)CC(N)=O)C(=O)N[C@@H](CC(=O)O)C(=O)N[C@@H](CO)C(=O)O. The Balaban J connectivity index is 6.27. The van der Waals surface area contributed by atoms with Crippen LogP contribution in [0.2, 0.25) is 0 Å². The van der Waals surface area contributed by atoms with Gasteiger partial charge in [0, 0.05) is 29.6 Å². The number of guanidine groups is 1. The number of nitrogens with one attached hydrogen (secondary N) is 8. The molecule has 0 spiro atoms. The highest BCUT2D eigenvalue weighted by atomic mass is 32.1. The number of primary amides is 1. The van der Waals surface area contributed by atoms with Gasteiger partial charge < -0.3 is 86.5 Å². The lowest BCUT2D eigenvalue weighted by atomic mass is 10.0. The number of nitrogens with zero attached hydrogens (tertiary/aromatic N) is 1. The van der Waals surface area contributed by atoms with Crippen molar-refractivity contribution in [2.75, 3.05) is 42.7 Å². The number of carboxylic acids is 2. The third-order valence-corrected chi connectivity index (χ3v) is 10.4. The highest BCUT2D eigenvalue weighted by Crippen LogP contribution is 2.08. The molecule has 0 fully saturated rings. The number of carbonyl (C=O) groups excluding carboxylic acids is 9. The van der Waals surface area contributed by atoms with E-state index in [4.69, 9.17) is 28.7 Å². The molecule has 21 N–H and O–H groups in total. The Kier molecular flexibility index (Phi) is 30.6. The van der Waals surface area contributed by atoms with E-state index in [1.165, 1.54) is 0 Å². The Labute approximate surface area is 406 Å². The van der Waals surface area contributed by atoms with Gasteiger partial charge in [0.2, 0.25) is 53.2 Å². The van der Waals surface area contributed by atoms with Gasteiger partial charge in [0.25, 0.3) is 0 Å². The molecular weight excluding hydrogens is 969 g/mol. The van der Waals surface area contributed by atoms with E-state index >= 15 is 0 Å². The summed E-state index contributed by atoms with van der Waals surface area (Å²) in [6.45, 7) is -0.921. The second kappa shape index (κ2) is 33.2. The highest BCUT2D eigenvalue weighted by molar-refractivity contribution is 7.80. The van der Waals surface area contributed by atoms with Crippen molar-refractivity contribution in [2.24, 2.45) is 33.7 Å². The lowest BCUT2D eigenvalue weighted by Gasteiger charge is -2.27. The Hall–Kier alpha value is -5.28. The maximum Gasteiger partial charge on any atom is 0.328 e. The van der Waals surface area contributed by atoms with Crippen LogP contribution in [0.4, 0.5) is 0 Å². The molecule has 67 heavy (non-hydrogen) atoms. The molecule has 0 aliphatic carbocycles. The number of carboxylic acid groups (broad SMARTS) is 2. The first-order chi connectivity index (χ1) is 31.5. The average Bonchev–Trinajstić information content (AvgIpc) is 3.26. The van der Waals surface area contributed by atoms with E-state index in [2.05, 4.69) is 92.7 Å². The third kappa shape index (κ3) is 24.4. The van der Waals surface area contributed by atoms with Crippen LogP contribution in [0.15, 0.2) is 4.99 Å². The van der Waals surface area contributed by atoms with Gasteiger partial charge in [0.15, 0.2) is 5.96 Å². The minimum Gasteiger partial charge on any atom is -0.481 e. The number of aliphatic hydroxyl groups excluding tert-OH is 1. The zero-order valence-electron chi connectivity index (χ0n) is 36.1. The van der Waals surface area contributed by atoms with E-state index in [1.807, 2.05) is 5.32 Å². The molecule has 9 amide bonds. The largest absolute Gasteiger partial charge is 0.481 e. The van der Waals surface area contributed by atoms with Crippen molar-refractivity contribution in [3.8, 4) is 0 Å². The Morgan fingerprint density at radius 3 is 1.16 bits per heavy atom. The van der Waals surface area contributed by atoms with Gasteiger partial charge in [-0.05, 0) is 38.6 Å². The van der Waals surface area contributed by atoms with Gasteiger partial charge in [-0.25, -0.2) is 4.79 Å².